The lowest BCUT2D eigenvalue weighted by atomic mass is 10.2. The summed E-state index contributed by atoms with van der Waals surface area (Å²) in [5.41, 5.74) is 1.30. The van der Waals surface area contributed by atoms with Gasteiger partial charge in [-0.1, -0.05) is 29.8 Å². The molecule has 0 saturated carbocycles. The van der Waals surface area contributed by atoms with Crippen LogP contribution in [0.5, 0.6) is 0 Å². The van der Waals surface area contributed by atoms with E-state index in [1.54, 1.807) is 0 Å². The summed E-state index contributed by atoms with van der Waals surface area (Å²) in [6.07, 6.45) is 0. The number of benzene rings is 2. The number of rotatable bonds is 2. The van der Waals surface area contributed by atoms with Crippen LogP contribution in [0.4, 0.5) is 10.1 Å². The first-order valence-corrected chi connectivity index (χ1v) is 5.71. The lowest BCUT2D eigenvalue weighted by Gasteiger charge is -2.06. The van der Waals surface area contributed by atoms with Gasteiger partial charge in [0.1, 0.15) is 5.82 Å². The standard InChI is InChI=1S/C14H11ClFNO/c1-18-14(10-5-3-2-4-6-10)17-13-8-7-11(16)9-12(13)15/h2-9H,1H3. The van der Waals surface area contributed by atoms with Crippen LogP contribution in [0.1, 0.15) is 5.56 Å². The first-order valence-electron chi connectivity index (χ1n) is 5.34. The first kappa shape index (κ1) is 12.6. The SMILES string of the molecule is COC(=Nc1ccc(F)cc1Cl)c1ccccc1. The van der Waals surface area contributed by atoms with Crippen LogP contribution in [-0.4, -0.2) is 13.0 Å². The average Bonchev–Trinajstić information content (AvgIpc) is 2.39. The second-order valence-electron chi connectivity index (χ2n) is 3.58. The molecule has 4 heteroatoms. The smallest absolute Gasteiger partial charge is 0.221 e. The van der Waals surface area contributed by atoms with Crippen LogP contribution < -0.4 is 0 Å². The van der Waals surface area contributed by atoms with E-state index in [1.807, 2.05) is 30.3 Å². The summed E-state index contributed by atoms with van der Waals surface area (Å²) in [5.74, 6) is 0.0433. The van der Waals surface area contributed by atoms with E-state index in [-0.39, 0.29) is 5.02 Å². The second kappa shape index (κ2) is 5.65. The predicted octanol–water partition coefficient (Wildman–Crippen LogP) is 4.20. The Bertz CT molecular complexity index is 569. The van der Waals surface area contributed by atoms with Gasteiger partial charge in [0.2, 0.25) is 5.90 Å². The van der Waals surface area contributed by atoms with E-state index in [0.29, 0.717) is 11.6 Å². The Morgan fingerprint density at radius 3 is 2.50 bits per heavy atom. The van der Waals surface area contributed by atoms with Crippen LogP contribution in [-0.2, 0) is 4.74 Å². The van der Waals surface area contributed by atoms with Gasteiger partial charge in [-0.25, -0.2) is 9.38 Å². The third-order valence-corrected chi connectivity index (χ3v) is 2.65. The van der Waals surface area contributed by atoms with Crippen LogP contribution in [0.25, 0.3) is 0 Å². The van der Waals surface area contributed by atoms with Crippen molar-refractivity contribution in [2.45, 2.75) is 0 Å². The highest BCUT2D eigenvalue weighted by Crippen LogP contribution is 2.26. The molecule has 0 aromatic heterocycles. The molecule has 2 aromatic rings. The number of halogens is 2. The molecule has 0 fully saturated rings. The Morgan fingerprint density at radius 1 is 1.17 bits per heavy atom. The minimum Gasteiger partial charge on any atom is -0.481 e. The molecule has 18 heavy (non-hydrogen) atoms. The Balaban J connectivity index is 2.41. The molecule has 0 atom stereocenters. The van der Waals surface area contributed by atoms with Gasteiger partial charge < -0.3 is 4.74 Å². The summed E-state index contributed by atoms with van der Waals surface area (Å²) in [5, 5.41) is 0.250. The fourth-order valence-electron chi connectivity index (χ4n) is 1.49. The normalized spacial score (nSPS) is 11.4. The number of hydrogen-bond acceptors (Lipinski definition) is 2. The van der Waals surface area contributed by atoms with Crippen molar-refractivity contribution in [1.82, 2.24) is 0 Å². The molecule has 0 heterocycles. The Kier molecular flexibility index (Phi) is 3.95. The van der Waals surface area contributed by atoms with Crippen molar-refractivity contribution in [2.24, 2.45) is 4.99 Å². The van der Waals surface area contributed by atoms with Crippen LogP contribution in [0, 0.1) is 5.82 Å². The zero-order valence-corrected chi connectivity index (χ0v) is 10.5. The molecule has 0 spiro atoms. The van der Waals surface area contributed by atoms with Gasteiger partial charge in [0, 0.05) is 5.56 Å². The Morgan fingerprint density at radius 2 is 1.89 bits per heavy atom. The van der Waals surface area contributed by atoms with Gasteiger partial charge >= 0.3 is 0 Å². The Hall–Kier alpha value is -1.87. The quantitative estimate of drug-likeness (QED) is 0.588. The zero-order valence-electron chi connectivity index (χ0n) is 9.73. The first-order chi connectivity index (χ1) is 8.70. The molecule has 0 amide bonds. The molecule has 2 aromatic carbocycles. The minimum atomic E-state index is -0.391. The molecular formula is C14H11ClFNO. The molecular weight excluding hydrogens is 253 g/mol. The van der Waals surface area contributed by atoms with Gasteiger partial charge in [0.25, 0.3) is 0 Å². The molecule has 0 saturated heterocycles. The fraction of sp³-hybridized carbons (Fsp3) is 0.0714. The summed E-state index contributed by atoms with van der Waals surface area (Å²) in [4.78, 5) is 4.28. The summed E-state index contributed by atoms with van der Waals surface area (Å²) in [7, 11) is 1.53. The van der Waals surface area contributed by atoms with E-state index in [4.69, 9.17) is 16.3 Å². The van der Waals surface area contributed by atoms with Crippen LogP contribution >= 0.6 is 11.6 Å². The van der Waals surface area contributed by atoms with Crippen molar-refractivity contribution in [2.75, 3.05) is 7.11 Å². The van der Waals surface area contributed by atoms with Crippen molar-refractivity contribution in [3.63, 3.8) is 0 Å². The highest BCUT2D eigenvalue weighted by Gasteiger charge is 2.06. The molecule has 0 radical (unpaired) electrons. The zero-order chi connectivity index (χ0) is 13.0. The van der Waals surface area contributed by atoms with Gasteiger partial charge in [-0.05, 0) is 30.3 Å². The van der Waals surface area contributed by atoms with E-state index in [2.05, 4.69) is 4.99 Å². The third kappa shape index (κ3) is 2.87. The molecule has 0 unspecified atom stereocenters. The van der Waals surface area contributed by atoms with Crippen molar-refractivity contribution in [1.29, 1.82) is 0 Å². The number of hydrogen-bond donors (Lipinski definition) is 0. The van der Waals surface area contributed by atoms with Gasteiger partial charge in [-0.2, -0.15) is 0 Å². The van der Waals surface area contributed by atoms with Crippen molar-refractivity contribution >= 4 is 23.2 Å². The van der Waals surface area contributed by atoms with E-state index in [1.165, 1.54) is 25.3 Å². The monoisotopic (exact) mass is 263 g/mol. The lowest BCUT2D eigenvalue weighted by molar-refractivity contribution is 0.405. The van der Waals surface area contributed by atoms with Gasteiger partial charge in [-0.3, -0.25) is 0 Å². The van der Waals surface area contributed by atoms with Crippen LogP contribution in [0.2, 0.25) is 5.02 Å². The van der Waals surface area contributed by atoms with Gasteiger partial charge in [-0.15, -0.1) is 0 Å². The number of aliphatic imine (C=N–C) groups is 1. The number of nitrogens with zero attached hydrogens (tertiary/aromatic N) is 1. The molecule has 0 aliphatic carbocycles. The summed E-state index contributed by atoms with van der Waals surface area (Å²) < 4.78 is 18.1. The molecule has 0 N–H and O–H groups in total. The fourth-order valence-corrected chi connectivity index (χ4v) is 1.70. The maximum Gasteiger partial charge on any atom is 0.221 e. The highest BCUT2D eigenvalue weighted by molar-refractivity contribution is 6.33. The van der Waals surface area contributed by atoms with Gasteiger partial charge in [0.05, 0.1) is 17.8 Å². The topological polar surface area (TPSA) is 21.6 Å². The predicted molar refractivity (Wildman–Crippen MR) is 71.1 cm³/mol. The maximum absolute atomic E-state index is 12.9. The molecule has 0 bridgehead atoms. The maximum atomic E-state index is 12.9. The van der Waals surface area contributed by atoms with E-state index < -0.39 is 5.82 Å². The molecule has 0 aliphatic heterocycles. The lowest BCUT2D eigenvalue weighted by Crippen LogP contribution is -2.02. The Labute approximate surface area is 110 Å². The summed E-state index contributed by atoms with van der Waals surface area (Å²) in [6, 6.07) is 13.5. The van der Waals surface area contributed by atoms with E-state index >= 15 is 0 Å². The molecule has 2 nitrogen and oxygen atoms in total. The van der Waals surface area contributed by atoms with Crippen LogP contribution in [0.3, 0.4) is 0 Å². The molecule has 0 aliphatic rings. The minimum absolute atomic E-state index is 0.250. The van der Waals surface area contributed by atoms with E-state index in [9.17, 15) is 4.39 Å². The second-order valence-corrected chi connectivity index (χ2v) is 3.99. The molecule has 2 rings (SSSR count). The van der Waals surface area contributed by atoms with Crippen molar-refractivity contribution in [3.8, 4) is 0 Å². The third-order valence-electron chi connectivity index (χ3n) is 2.35. The van der Waals surface area contributed by atoms with Crippen molar-refractivity contribution in [3.05, 3.63) is 64.9 Å². The summed E-state index contributed by atoms with van der Waals surface area (Å²) >= 11 is 5.92. The number of methoxy groups -OCH3 is 1. The van der Waals surface area contributed by atoms with Crippen molar-refractivity contribution < 1.29 is 9.13 Å². The summed E-state index contributed by atoms with van der Waals surface area (Å²) in [6.45, 7) is 0. The number of ether oxygens (including phenoxy) is 1. The average molecular weight is 264 g/mol. The van der Waals surface area contributed by atoms with Gasteiger partial charge in [0.15, 0.2) is 0 Å². The molecule has 92 valence electrons. The van der Waals surface area contributed by atoms with E-state index in [0.717, 1.165) is 5.56 Å². The largest absolute Gasteiger partial charge is 0.481 e. The highest BCUT2D eigenvalue weighted by atomic mass is 35.5. The van der Waals surface area contributed by atoms with Crippen LogP contribution in [0.15, 0.2) is 53.5 Å².